The van der Waals surface area contributed by atoms with Gasteiger partial charge < -0.3 is 9.72 Å². The molecule has 1 N–H and O–H groups in total. The van der Waals surface area contributed by atoms with E-state index < -0.39 is 0 Å². The minimum absolute atomic E-state index is 0.308. The van der Waals surface area contributed by atoms with Crippen molar-refractivity contribution in [2.24, 2.45) is 11.3 Å². The van der Waals surface area contributed by atoms with Crippen molar-refractivity contribution in [2.75, 3.05) is 6.61 Å². The summed E-state index contributed by atoms with van der Waals surface area (Å²) in [5, 5.41) is 0. The third-order valence-electron chi connectivity index (χ3n) is 2.73. The minimum Gasteiger partial charge on any atom is -0.463 e. The number of carbonyl (C=O) groups is 1. The van der Waals surface area contributed by atoms with Gasteiger partial charge in [0, 0.05) is 6.08 Å². The van der Waals surface area contributed by atoms with Crippen LogP contribution >= 0.6 is 0 Å². The molecule has 4 heteroatoms. The fourth-order valence-electron chi connectivity index (χ4n) is 2.07. The molecular weight excluding hydrogens is 240 g/mol. The van der Waals surface area contributed by atoms with Gasteiger partial charge in [-0.25, -0.2) is 9.78 Å². The SMILES string of the molecule is CC(CCOC(=O)C=Cc1cnc[nH]1)CC(C)(C)C. The largest absolute Gasteiger partial charge is 0.463 e. The third kappa shape index (κ3) is 7.44. The highest BCUT2D eigenvalue weighted by Crippen LogP contribution is 2.25. The van der Waals surface area contributed by atoms with Gasteiger partial charge in [0.1, 0.15) is 0 Å². The highest BCUT2D eigenvalue weighted by Gasteiger charge is 2.15. The van der Waals surface area contributed by atoms with E-state index in [-0.39, 0.29) is 5.97 Å². The fourth-order valence-corrected chi connectivity index (χ4v) is 2.07. The number of hydrogen-bond donors (Lipinski definition) is 1. The van der Waals surface area contributed by atoms with E-state index >= 15 is 0 Å². The molecule has 0 amide bonds. The predicted molar refractivity (Wildman–Crippen MR) is 76.4 cm³/mol. The fraction of sp³-hybridized carbons (Fsp3) is 0.600. The highest BCUT2D eigenvalue weighted by atomic mass is 16.5. The first-order chi connectivity index (χ1) is 8.87. The van der Waals surface area contributed by atoms with Crippen LogP contribution < -0.4 is 0 Å². The maximum Gasteiger partial charge on any atom is 0.330 e. The lowest BCUT2D eigenvalue weighted by Crippen LogP contribution is -2.13. The van der Waals surface area contributed by atoms with Crippen LogP contribution in [0.4, 0.5) is 0 Å². The summed E-state index contributed by atoms with van der Waals surface area (Å²) in [6.07, 6.45) is 8.33. The van der Waals surface area contributed by atoms with Crippen molar-refractivity contribution >= 4 is 12.0 Å². The van der Waals surface area contributed by atoms with Gasteiger partial charge in [-0.05, 0) is 30.3 Å². The summed E-state index contributed by atoms with van der Waals surface area (Å²) in [5.41, 5.74) is 1.11. The topological polar surface area (TPSA) is 55.0 Å². The van der Waals surface area contributed by atoms with Crippen LogP contribution in [0.15, 0.2) is 18.6 Å². The molecule has 0 aliphatic heterocycles. The van der Waals surface area contributed by atoms with Gasteiger partial charge in [0.25, 0.3) is 0 Å². The van der Waals surface area contributed by atoms with Crippen LogP contribution in [0.25, 0.3) is 6.08 Å². The Balaban J connectivity index is 2.20. The Kier molecular flexibility index (Phi) is 5.80. The maximum atomic E-state index is 11.5. The van der Waals surface area contributed by atoms with Crippen molar-refractivity contribution in [1.82, 2.24) is 9.97 Å². The van der Waals surface area contributed by atoms with Crippen LogP contribution in [0.3, 0.4) is 0 Å². The maximum absolute atomic E-state index is 11.5. The zero-order chi connectivity index (χ0) is 14.3. The first-order valence-electron chi connectivity index (χ1n) is 6.70. The molecule has 106 valence electrons. The smallest absolute Gasteiger partial charge is 0.330 e. The number of carbonyl (C=O) groups excluding carboxylic acids is 1. The van der Waals surface area contributed by atoms with Gasteiger partial charge in [0.05, 0.1) is 24.8 Å². The normalized spacial score (nSPS) is 13.7. The highest BCUT2D eigenvalue weighted by molar-refractivity contribution is 5.86. The lowest BCUT2D eigenvalue weighted by atomic mass is 9.84. The lowest BCUT2D eigenvalue weighted by molar-refractivity contribution is -0.138. The molecular formula is C15H24N2O2. The number of hydrogen-bond acceptors (Lipinski definition) is 3. The van der Waals surface area contributed by atoms with Gasteiger partial charge in [-0.1, -0.05) is 27.7 Å². The van der Waals surface area contributed by atoms with Crippen LogP contribution in [0.1, 0.15) is 46.2 Å². The number of ether oxygens (including phenoxy) is 1. The summed E-state index contributed by atoms with van der Waals surface area (Å²) in [6, 6.07) is 0. The molecule has 4 nitrogen and oxygen atoms in total. The molecule has 0 saturated carbocycles. The standard InChI is InChI=1S/C15H24N2O2/c1-12(9-15(2,3)4)7-8-19-14(18)6-5-13-10-16-11-17-13/h5-6,10-12H,7-9H2,1-4H3,(H,16,17). The van der Waals surface area contributed by atoms with E-state index in [1.54, 1.807) is 18.6 Å². The second kappa shape index (κ2) is 7.12. The van der Waals surface area contributed by atoms with Crippen molar-refractivity contribution < 1.29 is 9.53 Å². The number of imidazole rings is 1. The molecule has 19 heavy (non-hydrogen) atoms. The van der Waals surface area contributed by atoms with Crippen LogP contribution in [0.2, 0.25) is 0 Å². The van der Waals surface area contributed by atoms with E-state index in [1.807, 2.05) is 0 Å². The van der Waals surface area contributed by atoms with Crippen molar-refractivity contribution in [2.45, 2.75) is 40.5 Å². The zero-order valence-corrected chi connectivity index (χ0v) is 12.3. The van der Waals surface area contributed by atoms with Gasteiger partial charge >= 0.3 is 5.97 Å². The first-order valence-corrected chi connectivity index (χ1v) is 6.70. The summed E-state index contributed by atoms with van der Waals surface area (Å²) >= 11 is 0. The van der Waals surface area contributed by atoms with Gasteiger partial charge in [-0.2, -0.15) is 0 Å². The molecule has 0 saturated heterocycles. The molecule has 1 heterocycles. The molecule has 0 bridgehead atoms. The summed E-state index contributed by atoms with van der Waals surface area (Å²) < 4.78 is 5.17. The van der Waals surface area contributed by atoms with Crippen LogP contribution in [-0.2, 0) is 9.53 Å². The Labute approximate surface area is 115 Å². The van der Waals surface area contributed by atoms with Crippen LogP contribution in [0, 0.1) is 11.3 Å². The molecule has 1 aromatic heterocycles. The minimum atomic E-state index is -0.308. The Bertz CT molecular complexity index is 402. The number of esters is 1. The first kappa shape index (κ1) is 15.5. The average Bonchev–Trinajstić information content (AvgIpc) is 2.76. The van der Waals surface area contributed by atoms with Crippen molar-refractivity contribution in [3.05, 3.63) is 24.3 Å². The zero-order valence-electron chi connectivity index (χ0n) is 12.3. The van der Waals surface area contributed by atoms with E-state index in [4.69, 9.17) is 4.74 Å². The number of H-pyrrole nitrogens is 1. The molecule has 1 rings (SSSR count). The molecule has 1 atom stereocenters. The van der Waals surface area contributed by atoms with E-state index in [9.17, 15) is 4.79 Å². The monoisotopic (exact) mass is 264 g/mol. The summed E-state index contributed by atoms with van der Waals surface area (Å²) in [4.78, 5) is 18.2. The third-order valence-corrected chi connectivity index (χ3v) is 2.73. The summed E-state index contributed by atoms with van der Waals surface area (Å²) in [5.74, 6) is 0.252. The van der Waals surface area contributed by atoms with Gasteiger partial charge in [-0.15, -0.1) is 0 Å². The van der Waals surface area contributed by atoms with Crippen molar-refractivity contribution in [3.63, 3.8) is 0 Å². The molecule has 0 aliphatic rings. The summed E-state index contributed by atoms with van der Waals surface area (Å²) in [7, 11) is 0. The molecule has 0 aliphatic carbocycles. The van der Waals surface area contributed by atoms with Gasteiger partial charge in [0.2, 0.25) is 0 Å². The number of aromatic amines is 1. The molecule has 0 fully saturated rings. The Hall–Kier alpha value is -1.58. The Morgan fingerprint density at radius 1 is 1.53 bits per heavy atom. The predicted octanol–water partition coefficient (Wildman–Crippen LogP) is 3.43. The number of aromatic nitrogens is 2. The number of nitrogens with zero attached hydrogens (tertiary/aromatic N) is 1. The van der Waals surface area contributed by atoms with Crippen LogP contribution in [0.5, 0.6) is 0 Å². The second-order valence-corrected chi connectivity index (χ2v) is 6.17. The Morgan fingerprint density at radius 3 is 2.84 bits per heavy atom. The van der Waals surface area contributed by atoms with Gasteiger partial charge in [-0.3, -0.25) is 0 Å². The van der Waals surface area contributed by atoms with Gasteiger partial charge in [0.15, 0.2) is 0 Å². The van der Waals surface area contributed by atoms with Crippen molar-refractivity contribution in [1.29, 1.82) is 0 Å². The van der Waals surface area contributed by atoms with E-state index in [0.29, 0.717) is 17.9 Å². The Morgan fingerprint density at radius 2 is 2.26 bits per heavy atom. The van der Waals surface area contributed by atoms with E-state index in [2.05, 4.69) is 37.7 Å². The lowest BCUT2D eigenvalue weighted by Gasteiger charge is -2.22. The molecule has 0 spiro atoms. The van der Waals surface area contributed by atoms with Crippen molar-refractivity contribution in [3.8, 4) is 0 Å². The number of rotatable bonds is 6. The summed E-state index contributed by atoms with van der Waals surface area (Å²) in [6.45, 7) is 9.34. The molecule has 0 radical (unpaired) electrons. The number of nitrogens with one attached hydrogen (secondary N) is 1. The van der Waals surface area contributed by atoms with E-state index in [0.717, 1.165) is 18.5 Å². The average molecular weight is 264 g/mol. The molecule has 1 unspecified atom stereocenters. The molecule has 1 aromatic rings. The van der Waals surface area contributed by atoms with E-state index in [1.165, 1.54) is 6.08 Å². The molecule has 0 aromatic carbocycles. The second-order valence-electron chi connectivity index (χ2n) is 6.17. The van der Waals surface area contributed by atoms with Crippen LogP contribution in [-0.4, -0.2) is 22.5 Å². The quantitative estimate of drug-likeness (QED) is 0.632.